The number of hydrogen-bond donors (Lipinski definition) is 1. The lowest BCUT2D eigenvalue weighted by Crippen LogP contribution is -2.09. The van der Waals surface area contributed by atoms with Crippen LogP contribution < -0.4 is 0 Å². The fourth-order valence-corrected chi connectivity index (χ4v) is 2.67. The van der Waals surface area contributed by atoms with Gasteiger partial charge in [0.15, 0.2) is 3.95 Å². The molecule has 0 fully saturated rings. The van der Waals surface area contributed by atoms with E-state index in [4.69, 9.17) is 17.3 Å². The van der Waals surface area contributed by atoms with Crippen LogP contribution in [0.5, 0.6) is 0 Å². The van der Waals surface area contributed by atoms with Gasteiger partial charge in [-0.25, -0.2) is 0 Å². The van der Waals surface area contributed by atoms with E-state index < -0.39 is 5.97 Å². The largest absolute Gasteiger partial charge is 0.481 e. The van der Waals surface area contributed by atoms with Crippen LogP contribution >= 0.6 is 23.6 Å². The van der Waals surface area contributed by atoms with Crippen LogP contribution in [0.3, 0.4) is 0 Å². The van der Waals surface area contributed by atoms with Gasteiger partial charge in [0.05, 0.1) is 6.42 Å². The van der Waals surface area contributed by atoms with E-state index in [-0.39, 0.29) is 6.42 Å². The van der Waals surface area contributed by atoms with Crippen molar-refractivity contribution in [2.45, 2.75) is 13.0 Å². The first-order chi connectivity index (χ1) is 8.16. The van der Waals surface area contributed by atoms with Crippen molar-refractivity contribution in [3.05, 3.63) is 50.9 Å². The van der Waals surface area contributed by atoms with Gasteiger partial charge in [0.1, 0.15) is 0 Å². The Morgan fingerprint density at radius 3 is 2.71 bits per heavy atom. The van der Waals surface area contributed by atoms with E-state index in [9.17, 15) is 4.79 Å². The van der Waals surface area contributed by atoms with Gasteiger partial charge in [-0.2, -0.15) is 0 Å². The minimum Gasteiger partial charge on any atom is -0.481 e. The van der Waals surface area contributed by atoms with Crippen LogP contribution in [-0.2, 0) is 17.8 Å². The first-order valence-electron chi connectivity index (χ1n) is 5.10. The minimum atomic E-state index is -0.834. The van der Waals surface area contributed by atoms with E-state index >= 15 is 0 Å². The quantitative estimate of drug-likeness (QED) is 0.864. The smallest absolute Gasteiger partial charge is 0.309 e. The fraction of sp³-hybridized carbons (Fsp3) is 0.167. The second-order valence-electron chi connectivity index (χ2n) is 3.64. The number of hydrogen-bond acceptors (Lipinski definition) is 3. The molecule has 2 rings (SSSR count). The van der Waals surface area contributed by atoms with Crippen LogP contribution in [0.1, 0.15) is 11.3 Å². The molecule has 0 aliphatic heterocycles. The maximum atomic E-state index is 10.7. The van der Waals surface area contributed by atoms with E-state index in [0.29, 0.717) is 10.5 Å². The molecular weight excluding hydrogens is 254 g/mol. The number of thiazole rings is 1. The van der Waals surface area contributed by atoms with Crippen molar-refractivity contribution in [3.63, 3.8) is 0 Å². The van der Waals surface area contributed by atoms with Crippen LogP contribution in [0.15, 0.2) is 35.7 Å². The molecule has 0 bridgehead atoms. The van der Waals surface area contributed by atoms with Crippen molar-refractivity contribution in [3.8, 4) is 0 Å². The number of aliphatic carboxylic acids is 1. The normalized spacial score (nSPS) is 10.4. The van der Waals surface area contributed by atoms with Crippen LogP contribution in [0.25, 0.3) is 0 Å². The standard InChI is InChI=1S/C12H11NO2S2/c14-11(15)6-10-8-17-12(16)13(10)7-9-4-2-1-3-5-9/h1-5,8H,6-7H2,(H,14,15). The first kappa shape index (κ1) is 12.0. The molecule has 0 unspecified atom stereocenters. The van der Waals surface area contributed by atoms with Gasteiger partial charge in [0, 0.05) is 17.6 Å². The number of carboxylic acids is 1. The third-order valence-corrected chi connectivity index (χ3v) is 3.70. The van der Waals surface area contributed by atoms with Crippen molar-refractivity contribution < 1.29 is 9.90 Å². The van der Waals surface area contributed by atoms with Crippen LogP contribution in [0.2, 0.25) is 0 Å². The number of carboxylic acid groups (broad SMARTS) is 1. The molecule has 1 aromatic carbocycles. The Morgan fingerprint density at radius 1 is 1.35 bits per heavy atom. The molecule has 17 heavy (non-hydrogen) atoms. The summed E-state index contributed by atoms with van der Waals surface area (Å²) in [5.74, 6) is -0.834. The fourth-order valence-electron chi connectivity index (χ4n) is 1.59. The molecule has 0 atom stereocenters. The maximum Gasteiger partial charge on any atom is 0.309 e. The summed E-state index contributed by atoms with van der Waals surface area (Å²) in [4.78, 5) is 10.7. The summed E-state index contributed by atoms with van der Waals surface area (Å²) in [5, 5.41) is 10.6. The summed E-state index contributed by atoms with van der Waals surface area (Å²) in [7, 11) is 0. The third kappa shape index (κ3) is 3.01. The summed E-state index contributed by atoms with van der Waals surface area (Å²) in [6.45, 7) is 0.631. The third-order valence-electron chi connectivity index (χ3n) is 2.38. The number of benzene rings is 1. The molecule has 0 saturated carbocycles. The molecule has 0 amide bonds. The SMILES string of the molecule is O=C(O)Cc1csc(=S)n1Cc1ccccc1. The van der Waals surface area contributed by atoms with E-state index in [1.807, 2.05) is 40.3 Å². The second-order valence-corrected chi connectivity index (χ2v) is 5.14. The molecule has 0 spiro atoms. The van der Waals surface area contributed by atoms with E-state index in [1.54, 1.807) is 0 Å². The molecule has 1 aromatic heterocycles. The number of rotatable bonds is 4. The van der Waals surface area contributed by atoms with Crippen molar-refractivity contribution in [1.29, 1.82) is 0 Å². The molecule has 3 nitrogen and oxygen atoms in total. The average Bonchev–Trinajstić information content (AvgIpc) is 2.62. The maximum absolute atomic E-state index is 10.7. The molecular formula is C12H11NO2S2. The molecule has 1 heterocycles. The zero-order valence-electron chi connectivity index (χ0n) is 9.00. The van der Waals surface area contributed by atoms with Gasteiger partial charge in [-0.15, -0.1) is 11.3 Å². The summed E-state index contributed by atoms with van der Waals surface area (Å²) in [5.41, 5.74) is 1.88. The lowest BCUT2D eigenvalue weighted by atomic mass is 10.2. The van der Waals surface area contributed by atoms with Gasteiger partial charge in [-0.3, -0.25) is 4.79 Å². The monoisotopic (exact) mass is 265 g/mol. The van der Waals surface area contributed by atoms with Gasteiger partial charge in [-0.1, -0.05) is 30.3 Å². The average molecular weight is 265 g/mol. The van der Waals surface area contributed by atoms with E-state index in [0.717, 1.165) is 11.3 Å². The van der Waals surface area contributed by atoms with Gasteiger partial charge < -0.3 is 9.67 Å². The lowest BCUT2D eigenvalue weighted by Gasteiger charge is -2.07. The highest BCUT2D eigenvalue weighted by Crippen LogP contribution is 2.14. The predicted octanol–water partition coefficient (Wildman–Crippen LogP) is 2.95. The Balaban J connectivity index is 2.29. The Kier molecular flexibility index (Phi) is 3.71. The van der Waals surface area contributed by atoms with Gasteiger partial charge in [-0.05, 0) is 17.8 Å². The number of carbonyl (C=O) groups is 1. The topological polar surface area (TPSA) is 42.2 Å². The van der Waals surface area contributed by atoms with Gasteiger partial charge in [0.2, 0.25) is 0 Å². The second kappa shape index (κ2) is 5.25. The molecule has 88 valence electrons. The van der Waals surface area contributed by atoms with Crippen molar-refractivity contribution in [2.24, 2.45) is 0 Å². The Bertz CT molecular complexity index is 572. The Hall–Kier alpha value is -1.46. The van der Waals surface area contributed by atoms with Crippen molar-refractivity contribution in [2.75, 3.05) is 0 Å². The van der Waals surface area contributed by atoms with Crippen LogP contribution in [0, 0.1) is 3.95 Å². The Labute approximate surface area is 108 Å². The molecule has 0 aliphatic carbocycles. The lowest BCUT2D eigenvalue weighted by molar-refractivity contribution is -0.136. The molecule has 0 saturated heterocycles. The zero-order valence-corrected chi connectivity index (χ0v) is 10.6. The van der Waals surface area contributed by atoms with Gasteiger partial charge in [0.25, 0.3) is 0 Å². The first-order valence-corrected chi connectivity index (χ1v) is 6.38. The molecule has 0 aliphatic rings. The molecule has 5 heteroatoms. The van der Waals surface area contributed by atoms with Crippen LogP contribution in [-0.4, -0.2) is 15.6 Å². The molecule has 1 N–H and O–H groups in total. The van der Waals surface area contributed by atoms with Gasteiger partial charge >= 0.3 is 5.97 Å². The van der Waals surface area contributed by atoms with Crippen molar-refractivity contribution in [1.82, 2.24) is 4.57 Å². The minimum absolute atomic E-state index is 0.0139. The van der Waals surface area contributed by atoms with E-state index in [1.165, 1.54) is 11.3 Å². The summed E-state index contributed by atoms with van der Waals surface area (Å²) in [6.07, 6.45) is 0.0139. The van der Waals surface area contributed by atoms with E-state index in [2.05, 4.69) is 0 Å². The van der Waals surface area contributed by atoms with Crippen molar-refractivity contribution >= 4 is 29.5 Å². The Morgan fingerprint density at radius 2 is 2.06 bits per heavy atom. The van der Waals surface area contributed by atoms with Crippen LogP contribution in [0.4, 0.5) is 0 Å². The zero-order chi connectivity index (χ0) is 12.3. The number of aromatic nitrogens is 1. The highest BCUT2D eigenvalue weighted by atomic mass is 32.1. The predicted molar refractivity (Wildman–Crippen MR) is 70.0 cm³/mol. The molecule has 0 radical (unpaired) electrons. The molecule has 2 aromatic rings. The highest BCUT2D eigenvalue weighted by Gasteiger charge is 2.08. The highest BCUT2D eigenvalue weighted by molar-refractivity contribution is 7.73. The summed E-state index contributed by atoms with van der Waals surface area (Å²) >= 11 is 6.62. The summed E-state index contributed by atoms with van der Waals surface area (Å²) in [6, 6.07) is 9.88. The number of nitrogens with zero attached hydrogens (tertiary/aromatic N) is 1. The summed E-state index contributed by atoms with van der Waals surface area (Å²) < 4.78 is 2.59.